The highest BCUT2D eigenvalue weighted by molar-refractivity contribution is 6.32. The number of hydrogen-bond donors (Lipinski definition) is 1. The second kappa shape index (κ2) is 6.15. The van der Waals surface area contributed by atoms with Crippen LogP contribution in [0.2, 0.25) is 5.02 Å². The molecule has 0 fully saturated rings. The maximum absolute atomic E-state index is 12.0. The van der Waals surface area contributed by atoms with E-state index in [2.05, 4.69) is 5.32 Å². The number of methoxy groups -OCH3 is 1. The van der Waals surface area contributed by atoms with E-state index in [1.54, 1.807) is 13.0 Å². The lowest BCUT2D eigenvalue weighted by molar-refractivity contribution is -0.384. The van der Waals surface area contributed by atoms with Gasteiger partial charge in [-0.05, 0) is 18.6 Å². The largest absolute Gasteiger partial charge is 0.466 e. The molecule has 1 aromatic carbocycles. The van der Waals surface area contributed by atoms with Gasteiger partial charge in [0.15, 0.2) is 0 Å². The Morgan fingerprint density at radius 2 is 2.18 bits per heavy atom. The first-order chi connectivity index (χ1) is 10.3. The molecule has 1 N–H and O–H groups in total. The Hall–Kier alpha value is -2.41. The molecule has 1 amide bonds. The molecule has 116 valence electrons. The molecule has 2 rings (SSSR count). The van der Waals surface area contributed by atoms with Crippen LogP contribution in [0.1, 0.15) is 24.8 Å². The highest BCUT2D eigenvalue weighted by Gasteiger charge is 2.33. The molecule has 1 aliphatic rings. The van der Waals surface area contributed by atoms with Crippen LogP contribution in [0, 0.1) is 10.1 Å². The van der Waals surface area contributed by atoms with Crippen molar-refractivity contribution in [3.05, 3.63) is 50.2 Å². The fraction of sp³-hybridized carbons (Fsp3) is 0.286. The minimum Gasteiger partial charge on any atom is -0.466 e. The van der Waals surface area contributed by atoms with Crippen LogP contribution in [0.25, 0.3) is 0 Å². The number of amides is 1. The Kier molecular flexibility index (Phi) is 4.46. The smallest absolute Gasteiger partial charge is 0.336 e. The number of hydrogen-bond acceptors (Lipinski definition) is 5. The molecule has 0 spiro atoms. The van der Waals surface area contributed by atoms with Crippen LogP contribution >= 0.6 is 11.6 Å². The van der Waals surface area contributed by atoms with Crippen LogP contribution in [-0.2, 0) is 14.3 Å². The number of halogens is 1. The minimum absolute atomic E-state index is 0.000556. The third kappa shape index (κ3) is 2.94. The number of esters is 1. The molecule has 0 saturated heterocycles. The monoisotopic (exact) mass is 324 g/mol. The van der Waals surface area contributed by atoms with Gasteiger partial charge in [0.05, 0.1) is 17.6 Å². The number of carbonyl (C=O) groups excluding carboxylic acids is 2. The number of rotatable bonds is 3. The second-order valence-corrected chi connectivity index (χ2v) is 5.21. The van der Waals surface area contributed by atoms with Crippen LogP contribution in [0.15, 0.2) is 29.5 Å². The van der Waals surface area contributed by atoms with E-state index in [0.717, 1.165) is 0 Å². The number of carbonyl (C=O) groups is 2. The van der Waals surface area contributed by atoms with Gasteiger partial charge in [0.2, 0.25) is 5.91 Å². The number of nitro groups is 1. The van der Waals surface area contributed by atoms with Crippen LogP contribution in [0.5, 0.6) is 0 Å². The summed E-state index contributed by atoms with van der Waals surface area (Å²) >= 11 is 5.79. The molecule has 0 saturated carbocycles. The summed E-state index contributed by atoms with van der Waals surface area (Å²) in [5.74, 6) is -1.47. The fourth-order valence-corrected chi connectivity index (χ4v) is 2.64. The van der Waals surface area contributed by atoms with Crippen molar-refractivity contribution in [1.29, 1.82) is 0 Å². The number of allylic oxidation sites excluding steroid dienone is 1. The zero-order chi connectivity index (χ0) is 16.4. The summed E-state index contributed by atoms with van der Waals surface area (Å²) in [5, 5.41) is 13.6. The summed E-state index contributed by atoms with van der Waals surface area (Å²) in [6.45, 7) is 1.58. The summed E-state index contributed by atoms with van der Waals surface area (Å²) in [5.41, 5.74) is 0.849. The summed E-state index contributed by atoms with van der Waals surface area (Å²) in [7, 11) is 1.24. The highest BCUT2D eigenvalue weighted by Crippen LogP contribution is 2.36. The molecule has 1 atom stereocenters. The number of nitrogens with zero attached hydrogens (tertiary/aromatic N) is 1. The van der Waals surface area contributed by atoms with Gasteiger partial charge >= 0.3 is 5.97 Å². The third-order valence-electron chi connectivity index (χ3n) is 3.44. The molecule has 0 aromatic heterocycles. The van der Waals surface area contributed by atoms with Gasteiger partial charge < -0.3 is 10.1 Å². The topological polar surface area (TPSA) is 98.5 Å². The fourth-order valence-electron chi connectivity index (χ4n) is 2.45. The first-order valence-electron chi connectivity index (χ1n) is 6.38. The van der Waals surface area contributed by atoms with E-state index in [0.29, 0.717) is 11.3 Å². The molecule has 1 unspecified atom stereocenters. The van der Waals surface area contributed by atoms with Crippen LogP contribution in [0.4, 0.5) is 5.69 Å². The van der Waals surface area contributed by atoms with Gasteiger partial charge in [0.1, 0.15) is 5.02 Å². The minimum atomic E-state index is -0.614. The quantitative estimate of drug-likeness (QED) is 0.522. The molecule has 1 aliphatic heterocycles. The Bertz CT molecular complexity index is 698. The van der Waals surface area contributed by atoms with E-state index in [1.807, 2.05) is 0 Å². The molecule has 0 aliphatic carbocycles. The first-order valence-corrected chi connectivity index (χ1v) is 6.75. The summed E-state index contributed by atoms with van der Waals surface area (Å²) in [4.78, 5) is 34.1. The SMILES string of the molecule is COC(=O)C1=C(C)NC(=O)CC1c1ccc(Cl)c([N+](=O)[O-])c1. The van der Waals surface area contributed by atoms with E-state index in [-0.39, 0.29) is 28.6 Å². The zero-order valence-electron chi connectivity index (χ0n) is 11.9. The Balaban J connectivity index is 2.55. The molecule has 7 nitrogen and oxygen atoms in total. The van der Waals surface area contributed by atoms with Gasteiger partial charge in [-0.25, -0.2) is 4.79 Å². The molecule has 1 heterocycles. The van der Waals surface area contributed by atoms with E-state index >= 15 is 0 Å². The normalized spacial score (nSPS) is 18.0. The molecular formula is C14H13ClN2O5. The van der Waals surface area contributed by atoms with E-state index in [4.69, 9.17) is 16.3 Å². The van der Waals surface area contributed by atoms with Crippen LogP contribution < -0.4 is 5.32 Å². The highest BCUT2D eigenvalue weighted by atomic mass is 35.5. The van der Waals surface area contributed by atoms with Gasteiger partial charge in [-0.1, -0.05) is 17.7 Å². The molecule has 8 heteroatoms. The van der Waals surface area contributed by atoms with Gasteiger partial charge in [-0.15, -0.1) is 0 Å². The summed E-state index contributed by atoms with van der Waals surface area (Å²) in [6.07, 6.45) is 0.000556. The van der Waals surface area contributed by atoms with Crippen molar-refractivity contribution < 1.29 is 19.2 Å². The average molecular weight is 325 g/mol. The molecule has 0 bridgehead atoms. The van der Waals surface area contributed by atoms with Crippen molar-refractivity contribution in [2.75, 3.05) is 7.11 Å². The van der Waals surface area contributed by atoms with Crippen molar-refractivity contribution in [2.24, 2.45) is 0 Å². The van der Waals surface area contributed by atoms with Crippen molar-refractivity contribution in [3.8, 4) is 0 Å². The van der Waals surface area contributed by atoms with Crippen molar-refractivity contribution >= 4 is 29.2 Å². The van der Waals surface area contributed by atoms with Crippen molar-refractivity contribution in [2.45, 2.75) is 19.3 Å². The second-order valence-electron chi connectivity index (χ2n) is 4.80. The van der Waals surface area contributed by atoms with Gasteiger partial charge in [-0.2, -0.15) is 0 Å². The van der Waals surface area contributed by atoms with E-state index in [1.165, 1.54) is 19.2 Å². The van der Waals surface area contributed by atoms with Crippen LogP contribution in [0.3, 0.4) is 0 Å². The number of nitrogens with one attached hydrogen (secondary N) is 1. The van der Waals surface area contributed by atoms with Gasteiger partial charge in [0, 0.05) is 24.1 Å². The number of benzene rings is 1. The summed E-state index contributed by atoms with van der Waals surface area (Å²) in [6, 6.07) is 4.22. The predicted octanol–water partition coefficient (Wildman–Crippen LogP) is 2.30. The molecular weight excluding hydrogens is 312 g/mol. The lowest BCUT2D eigenvalue weighted by Crippen LogP contribution is -2.34. The third-order valence-corrected chi connectivity index (χ3v) is 3.76. The standard InChI is InChI=1S/C14H13ClN2O5/c1-7-13(14(19)22-2)9(6-12(18)16-7)8-3-4-10(15)11(5-8)17(20)21/h3-5,9H,6H2,1-2H3,(H,16,18). The maximum atomic E-state index is 12.0. The van der Waals surface area contributed by atoms with Crippen molar-refractivity contribution in [1.82, 2.24) is 5.32 Å². The molecule has 22 heavy (non-hydrogen) atoms. The molecule has 1 aromatic rings. The van der Waals surface area contributed by atoms with Gasteiger partial charge in [0.25, 0.3) is 5.69 Å². The van der Waals surface area contributed by atoms with E-state index in [9.17, 15) is 19.7 Å². The Labute approximate surface area is 131 Å². The Morgan fingerprint density at radius 3 is 2.77 bits per heavy atom. The maximum Gasteiger partial charge on any atom is 0.336 e. The van der Waals surface area contributed by atoms with Gasteiger partial charge in [-0.3, -0.25) is 14.9 Å². The average Bonchev–Trinajstić information content (AvgIpc) is 2.46. The Morgan fingerprint density at radius 1 is 1.50 bits per heavy atom. The lowest BCUT2D eigenvalue weighted by atomic mass is 9.84. The zero-order valence-corrected chi connectivity index (χ0v) is 12.6. The van der Waals surface area contributed by atoms with E-state index < -0.39 is 16.8 Å². The lowest BCUT2D eigenvalue weighted by Gasteiger charge is -2.26. The predicted molar refractivity (Wildman–Crippen MR) is 78.3 cm³/mol. The number of nitro benzene ring substituents is 1. The van der Waals surface area contributed by atoms with Crippen LogP contribution in [-0.4, -0.2) is 23.9 Å². The number of ether oxygens (including phenoxy) is 1. The van der Waals surface area contributed by atoms with Crippen molar-refractivity contribution in [3.63, 3.8) is 0 Å². The molecule has 0 radical (unpaired) electrons. The summed E-state index contributed by atoms with van der Waals surface area (Å²) < 4.78 is 4.74. The first kappa shape index (κ1) is 16.0.